The van der Waals surface area contributed by atoms with Crippen molar-refractivity contribution in [1.82, 2.24) is 14.9 Å². The maximum absolute atomic E-state index is 11.9. The summed E-state index contributed by atoms with van der Waals surface area (Å²) < 4.78 is 7.17. The normalized spacial score (nSPS) is 23.2. The Labute approximate surface area is 100 Å². The molecule has 1 aliphatic carbocycles. The molecule has 1 atom stereocenters. The summed E-state index contributed by atoms with van der Waals surface area (Å²) in [6.07, 6.45) is 4.16. The van der Waals surface area contributed by atoms with Crippen LogP contribution in [-0.4, -0.2) is 28.7 Å². The van der Waals surface area contributed by atoms with Gasteiger partial charge in [-0.15, -0.1) is 0 Å². The Hall–Kier alpha value is -1.36. The number of nitrogens with zero attached hydrogens (tertiary/aromatic N) is 2. The summed E-state index contributed by atoms with van der Waals surface area (Å²) in [7, 11) is 0. The van der Waals surface area contributed by atoms with Gasteiger partial charge in [0.15, 0.2) is 0 Å². The van der Waals surface area contributed by atoms with Gasteiger partial charge in [0, 0.05) is 6.54 Å². The van der Waals surface area contributed by atoms with Crippen molar-refractivity contribution in [2.24, 2.45) is 5.92 Å². The number of nitrogens with one attached hydrogen (secondary N) is 1. The summed E-state index contributed by atoms with van der Waals surface area (Å²) in [6, 6.07) is 0.376. The molecule has 1 aromatic heterocycles. The Kier molecular flexibility index (Phi) is 2.63. The predicted octanol–water partition coefficient (Wildman–Crippen LogP) is 1.11. The number of ether oxygens (including phenoxy) is 1. The maximum atomic E-state index is 11.9. The molecule has 1 aliphatic heterocycles. The average Bonchev–Trinajstić information content (AvgIpc) is 3.08. The number of hydrogen-bond acceptors (Lipinski definition) is 4. The van der Waals surface area contributed by atoms with Crippen LogP contribution in [0.15, 0.2) is 6.20 Å². The molecule has 1 saturated carbocycles. The number of esters is 1. The van der Waals surface area contributed by atoms with Crippen LogP contribution in [0.4, 0.5) is 0 Å². The van der Waals surface area contributed by atoms with E-state index in [9.17, 15) is 4.79 Å². The average molecular weight is 235 g/mol. The summed E-state index contributed by atoms with van der Waals surface area (Å²) in [5.74, 6) is 1.40. The molecule has 0 aromatic carbocycles. The third kappa shape index (κ3) is 1.84. The Balaban J connectivity index is 1.95. The van der Waals surface area contributed by atoms with Gasteiger partial charge in [-0.3, -0.25) is 0 Å². The Morgan fingerprint density at radius 1 is 1.65 bits per heavy atom. The number of fused-ring (bicyclic) bond motifs is 1. The quantitative estimate of drug-likeness (QED) is 0.797. The molecule has 1 unspecified atom stereocenters. The van der Waals surface area contributed by atoms with Crippen molar-refractivity contribution in [2.45, 2.75) is 32.4 Å². The monoisotopic (exact) mass is 235 g/mol. The highest BCUT2D eigenvalue weighted by atomic mass is 16.5. The molecule has 92 valence electrons. The van der Waals surface area contributed by atoms with Gasteiger partial charge in [0.25, 0.3) is 0 Å². The molecule has 1 fully saturated rings. The van der Waals surface area contributed by atoms with Crippen LogP contribution in [0.1, 0.15) is 42.1 Å². The second-order valence-corrected chi connectivity index (χ2v) is 4.69. The zero-order valence-electron chi connectivity index (χ0n) is 9.98. The molecule has 3 rings (SSSR count). The fraction of sp³-hybridized carbons (Fsp3) is 0.667. The molecule has 0 radical (unpaired) electrons. The number of hydrogen-bond donors (Lipinski definition) is 1. The van der Waals surface area contributed by atoms with E-state index < -0.39 is 0 Å². The SMILES string of the molecule is CCOC(=O)c1cnc2n1C(C1CC1)CNC2. The van der Waals surface area contributed by atoms with Gasteiger partial charge in [-0.25, -0.2) is 9.78 Å². The van der Waals surface area contributed by atoms with Crippen molar-refractivity contribution in [1.29, 1.82) is 0 Å². The van der Waals surface area contributed by atoms with E-state index in [4.69, 9.17) is 4.74 Å². The van der Waals surface area contributed by atoms with Gasteiger partial charge in [0.2, 0.25) is 0 Å². The van der Waals surface area contributed by atoms with Crippen molar-refractivity contribution < 1.29 is 9.53 Å². The van der Waals surface area contributed by atoms with Gasteiger partial charge in [0.05, 0.1) is 25.4 Å². The second kappa shape index (κ2) is 4.14. The lowest BCUT2D eigenvalue weighted by molar-refractivity contribution is 0.0508. The smallest absolute Gasteiger partial charge is 0.356 e. The van der Waals surface area contributed by atoms with Crippen molar-refractivity contribution in [3.63, 3.8) is 0 Å². The molecule has 1 N–H and O–H groups in total. The lowest BCUT2D eigenvalue weighted by atomic mass is 10.1. The van der Waals surface area contributed by atoms with Crippen molar-refractivity contribution in [3.8, 4) is 0 Å². The Morgan fingerprint density at radius 3 is 3.18 bits per heavy atom. The molecular formula is C12H17N3O2. The highest BCUT2D eigenvalue weighted by Gasteiger charge is 2.37. The van der Waals surface area contributed by atoms with Gasteiger partial charge >= 0.3 is 5.97 Å². The third-order valence-corrected chi connectivity index (χ3v) is 3.49. The number of carbonyl (C=O) groups is 1. The molecule has 0 spiro atoms. The van der Waals surface area contributed by atoms with Crippen LogP contribution in [0, 0.1) is 5.92 Å². The van der Waals surface area contributed by atoms with Crippen molar-refractivity contribution in [2.75, 3.05) is 13.2 Å². The standard InChI is InChI=1S/C12H17N3O2/c1-2-17-12(16)10-6-14-11-7-13-5-9(15(10)11)8-3-4-8/h6,8-9,13H,2-5,7H2,1H3. The summed E-state index contributed by atoms with van der Waals surface area (Å²) in [6.45, 7) is 3.90. The van der Waals surface area contributed by atoms with E-state index in [0.29, 0.717) is 24.3 Å². The van der Waals surface area contributed by atoms with E-state index in [1.165, 1.54) is 12.8 Å². The Morgan fingerprint density at radius 2 is 2.47 bits per heavy atom. The first-order valence-electron chi connectivity index (χ1n) is 6.25. The number of imidazole rings is 1. The highest BCUT2D eigenvalue weighted by molar-refractivity contribution is 5.87. The number of aromatic nitrogens is 2. The lowest BCUT2D eigenvalue weighted by Gasteiger charge is -2.27. The molecule has 0 amide bonds. The van der Waals surface area contributed by atoms with E-state index in [1.807, 2.05) is 6.92 Å². The number of rotatable bonds is 3. The Bertz CT molecular complexity index is 437. The first-order chi connectivity index (χ1) is 8.31. The highest BCUT2D eigenvalue weighted by Crippen LogP contribution is 2.41. The van der Waals surface area contributed by atoms with Crippen LogP contribution < -0.4 is 5.32 Å². The first-order valence-corrected chi connectivity index (χ1v) is 6.25. The van der Waals surface area contributed by atoms with Gasteiger partial charge in [-0.2, -0.15) is 0 Å². The fourth-order valence-electron chi connectivity index (χ4n) is 2.54. The molecular weight excluding hydrogens is 218 g/mol. The van der Waals surface area contributed by atoms with E-state index in [0.717, 1.165) is 18.9 Å². The van der Waals surface area contributed by atoms with Crippen LogP contribution in [0.25, 0.3) is 0 Å². The zero-order valence-corrected chi connectivity index (χ0v) is 9.98. The van der Waals surface area contributed by atoms with Gasteiger partial charge < -0.3 is 14.6 Å². The van der Waals surface area contributed by atoms with Crippen LogP contribution in [0.3, 0.4) is 0 Å². The van der Waals surface area contributed by atoms with Crippen LogP contribution >= 0.6 is 0 Å². The summed E-state index contributed by atoms with van der Waals surface area (Å²) in [4.78, 5) is 16.2. The van der Waals surface area contributed by atoms with E-state index in [2.05, 4.69) is 14.9 Å². The molecule has 17 heavy (non-hydrogen) atoms. The largest absolute Gasteiger partial charge is 0.461 e. The summed E-state index contributed by atoms with van der Waals surface area (Å²) in [5.41, 5.74) is 0.611. The van der Waals surface area contributed by atoms with E-state index >= 15 is 0 Å². The molecule has 0 bridgehead atoms. The van der Waals surface area contributed by atoms with E-state index in [-0.39, 0.29) is 5.97 Å². The molecule has 5 heteroatoms. The van der Waals surface area contributed by atoms with Crippen molar-refractivity contribution >= 4 is 5.97 Å². The zero-order chi connectivity index (χ0) is 11.8. The summed E-state index contributed by atoms with van der Waals surface area (Å²) >= 11 is 0. The second-order valence-electron chi connectivity index (χ2n) is 4.69. The molecule has 5 nitrogen and oxygen atoms in total. The minimum atomic E-state index is -0.251. The van der Waals surface area contributed by atoms with Crippen LogP contribution in [0.5, 0.6) is 0 Å². The predicted molar refractivity (Wildman–Crippen MR) is 61.7 cm³/mol. The first kappa shape index (κ1) is 10.8. The van der Waals surface area contributed by atoms with Gasteiger partial charge in [-0.05, 0) is 25.7 Å². The van der Waals surface area contributed by atoms with E-state index in [1.54, 1.807) is 6.20 Å². The molecule has 2 heterocycles. The minimum absolute atomic E-state index is 0.251. The molecule has 2 aliphatic rings. The van der Waals surface area contributed by atoms with Gasteiger partial charge in [-0.1, -0.05) is 0 Å². The summed E-state index contributed by atoms with van der Waals surface area (Å²) in [5, 5.41) is 3.36. The van der Waals surface area contributed by atoms with Crippen LogP contribution in [0.2, 0.25) is 0 Å². The fourth-order valence-corrected chi connectivity index (χ4v) is 2.54. The lowest BCUT2D eigenvalue weighted by Crippen LogP contribution is -2.36. The maximum Gasteiger partial charge on any atom is 0.356 e. The topological polar surface area (TPSA) is 56.1 Å². The van der Waals surface area contributed by atoms with Crippen LogP contribution in [-0.2, 0) is 11.3 Å². The third-order valence-electron chi connectivity index (χ3n) is 3.49. The van der Waals surface area contributed by atoms with Crippen molar-refractivity contribution in [3.05, 3.63) is 17.7 Å². The van der Waals surface area contributed by atoms with Gasteiger partial charge in [0.1, 0.15) is 11.5 Å². The number of carbonyl (C=O) groups excluding carboxylic acids is 1. The molecule has 0 saturated heterocycles. The molecule has 1 aromatic rings. The minimum Gasteiger partial charge on any atom is -0.461 e.